The number of ketones is 1. The second kappa shape index (κ2) is 11.1. The van der Waals surface area contributed by atoms with E-state index in [1.807, 2.05) is 6.08 Å². The van der Waals surface area contributed by atoms with Gasteiger partial charge in [0.2, 0.25) is 0 Å². The molecule has 0 radical (unpaired) electrons. The minimum Gasteiger partial charge on any atom is -0.543 e. The van der Waals surface area contributed by atoms with Crippen LogP contribution in [0.1, 0.15) is 55.9 Å². The number of Topliss-reactive ketones (excluding diaryl/α,β-unsaturated/α-hetero) is 1. The van der Waals surface area contributed by atoms with Gasteiger partial charge >= 0.3 is 6.08 Å². The number of aromatic carboxylic acids is 1. The van der Waals surface area contributed by atoms with E-state index in [0.29, 0.717) is 29.4 Å². The molecule has 0 amide bonds. The van der Waals surface area contributed by atoms with Gasteiger partial charge in [-0.2, -0.15) is 8.78 Å². The van der Waals surface area contributed by atoms with Crippen molar-refractivity contribution in [1.29, 1.82) is 0 Å². The van der Waals surface area contributed by atoms with E-state index in [1.165, 1.54) is 35.4 Å². The monoisotopic (exact) mass is 462 g/mol. The molecule has 0 aliphatic heterocycles. The minimum absolute atomic E-state index is 0.0175. The maximum Gasteiger partial charge on any atom is 0.301 e. The normalized spacial score (nSPS) is 21.2. The largest absolute Gasteiger partial charge is 0.543 e. The number of aromatic nitrogens is 1. The molecule has 1 aliphatic rings. The van der Waals surface area contributed by atoms with Crippen LogP contribution in [0.4, 0.5) is 13.2 Å². The van der Waals surface area contributed by atoms with E-state index in [-0.39, 0.29) is 36.2 Å². The number of carboxylic acid groups (broad SMARTS) is 1. The minimum atomic E-state index is -2.36. The highest BCUT2D eigenvalue weighted by Gasteiger charge is 2.32. The molecule has 1 heterocycles. The lowest BCUT2D eigenvalue weighted by atomic mass is 9.90. The van der Waals surface area contributed by atoms with Crippen molar-refractivity contribution in [3.63, 3.8) is 0 Å². The third-order valence-electron chi connectivity index (χ3n) is 5.03. The first-order chi connectivity index (χ1) is 14.1. The molecule has 0 unspecified atom stereocenters. The third kappa shape index (κ3) is 7.55. The molecule has 0 saturated heterocycles. The van der Waals surface area contributed by atoms with E-state index in [0.717, 1.165) is 0 Å². The fourth-order valence-electron chi connectivity index (χ4n) is 3.30. The highest BCUT2D eigenvalue weighted by atomic mass is 32.2. The van der Waals surface area contributed by atoms with Gasteiger partial charge in [0.15, 0.2) is 10.2 Å². The second-order valence-electron chi connectivity index (χ2n) is 7.49. The molecule has 1 fully saturated rings. The first kappa shape index (κ1) is 24.6. The number of hydrogen-bond acceptors (Lipinski definition) is 7. The van der Waals surface area contributed by atoms with Gasteiger partial charge in [-0.3, -0.25) is 4.79 Å². The first-order valence-electron chi connectivity index (χ1n) is 9.50. The van der Waals surface area contributed by atoms with Gasteiger partial charge in [0, 0.05) is 29.9 Å². The summed E-state index contributed by atoms with van der Waals surface area (Å²) in [4.78, 5) is 26.9. The van der Waals surface area contributed by atoms with Crippen LogP contribution >= 0.6 is 23.1 Å². The van der Waals surface area contributed by atoms with E-state index in [4.69, 9.17) is 0 Å². The van der Waals surface area contributed by atoms with Crippen LogP contribution in [-0.4, -0.2) is 33.2 Å². The van der Waals surface area contributed by atoms with Gasteiger partial charge in [-0.1, -0.05) is 23.9 Å². The summed E-state index contributed by atoms with van der Waals surface area (Å²) in [7, 11) is 0. The maximum absolute atomic E-state index is 12.9. The molecule has 1 aromatic rings. The molecule has 1 N–H and O–H groups in total. The van der Waals surface area contributed by atoms with Gasteiger partial charge in [0.25, 0.3) is 0 Å². The van der Waals surface area contributed by atoms with Gasteiger partial charge < -0.3 is 15.0 Å². The first-order valence-corrected chi connectivity index (χ1v) is 11.4. The van der Waals surface area contributed by atoms with E-state index in [1.54, 1.807) is 6.08 Å². The van der Waals surface area contributed by atoms with Gasteiger partial charge in [0.05, 0.1) is 17.3 Å². The predicted octanol–water partition coefficient (Wildman–Crippen LogP) is 4.14. The number of hydrogen-bond donors (Lipinski definition) is 1. The van der Waals surface area contributed by atoms with Crippen LogP contribution in [0, 0.1) is 11.8 Å². The zero-order valence-electron chi connectivity index (χ0n) is 16.4. The second-order valence-corrected chi connectivity index (χ2v) is 9.69. The summed E-state index contributed by atoms with van der Waals surface area (Å²) in [5, 5.41) is 22.4. The number of halogens is 3. The quantitative estimate of drug-likeness (QED) is 0.393. The Kier molecular flexibility index (Phi) is 9.11. The number of thiazole rings is 1. The Hall–Kier alpha value is -1.65. The molecule has 0 aromatic carbocycles. The van der Waals surface area contributed by atoms with E-state index in [9.17, 15) is 33.0 Å². The maximum atomic E-state index is 12.9. The lowest BCUT2D eigenvalue weighted by Gasteiger charge is -2.21. The Bertz CT molecular complexity index is 819. The summed E-state index contributed by atoms with van der Waals surface area (Å²) >= 11 is 2.60. The van der Waals surface area contributed by atoms with Crippen molar-refractivity contribution in [1.82, 2.24) is 4.98 Å². The molecule has 2 rings (SSSR count). The van der Waals surface area contributed by atoms with Crippen LogP contribution in [0.25, 0.3) is 0 Å². The predicted molar refractivity (Wildman–Crippen MR) is 107 cm³/mol. The molecule has 0 spiro atoms. The van der Waals surface area contributed by atoms with Crippen LogP contribution in [-0.2, 0) is 4.79 Å². The molecule has 166 valence electrons. The average Bonchev–Trinajstić information content (AvgIpc) is 3.28. The fourth-order valence-corrected chi connectivity index (χ4v) is 5.19. The molecule has 3 atom stereocenters. The Morgan fingerprint density at radius 3 is 2.83 bits per heavy atom. The number of nitrogens with zero attached hydrogens (tertiary/aromatic N) is 1. The van der Waals surface area contributed by atoms with E-state index in [2.05, 4.69) is 4.98 Å². The van der Waals surface area contributed by atoms with Crippen molar-refractivity contribution >= 4 is 34.9 Å². The number of rotatable bonds is 11. The topological polar surface area (TPSA) is 90.3 Å². The van der Waals surface area contributed by atoms with Gasteiger partial charge in [-0.25, -0.2) is 9.37 Å². The fraction of sp³-hybridized carbons (Fsp3) is 0.550. The Morgan fingerprint density at radius 1 is 1.47 bits per heavy atom. The molecule has 0 bridgehead atoms. The van der Waals surface area contributed by atoms with Crippen molar-refractivity contribution in [2.45, 2.75) is 55.4 Å². The highest BCUT2D eigenvalue weighted by molar-refractivity contribution is 8.01. The number of aliphatic hydroxyl groups is 1. The third-order valence-corrected chi connectivity index (χ3v) is 7.08. The Labute approximate surface area is 181 Å². The Morgan fingerprint density at radius 2 is 2.20 bits per heavy atom. The van der Waals surface area contributed by atoms with Crippen LogP contribution < -0.4 is 5.11 Å². The number of allylic oxidation sites excluding steroid dienone is 2. The number of carbonyl (C=O) groups is 2. The smallest absolute Gasteiger partial charge is 0.301 e. The summed E-state index contributed by atoms with van der Waals surface area (Å²) in [6.45, 7) is 1.46. The van der Waals surface area contributed by atoms with Crippen molar-refractivity contribution in [3.05, 3.63) is 35.1 Å². The van der Waals surface area contributed by atoms with Crippen molar-refractivity contribution in [2.75, 3.05) is 5.75 Å². The number of carbonyl (C=O) groups excluding carboxylic acids is 2. The Balaban J connectivity index is 1.83. The SMILES string of the molecule is C[C@@](O)(C/C=C/[C@H]1CCC(=O)[C@@H]1CCSc1nc(C(=O)[O-])cs1)CCC(F)=C(F)F. The van der Waals surface area contributed by atoms with Crippen molar-refractivity contribution < 1.29 is 33.0 Å². The van der Waals surface area contributed by atoms with E-state index < -0.39 is 29.9 Å². The number of thioether (sulfide) groups is 1. The lowest BCUT2D eigenvalue weighted by Crippen LogP contribution is -2.23. The molecule has 30 heavy (non-hydrogen) atoms. The number of carboxylic acids is 1. The highest BCUT2D eigenvalue weighted by Crippen LogP contribution is 2.35. The standard InChI is InChI=1S/C20H24F3NO4S2/c1-20(28,9-6-14(21)17(22)23)8-2-3-12-4-5-16(25)13(12)7-10-29-19-24-15(11-30-19)18(26)27/h2-3,11-13,28H,4-10H2,1H3,(H,26,27)/p-1/b3-2+/t12-,13+,20+/m0/s1. The molecular weight excluding hydrogens is 439 g/mol. The van der Waals surface area contributed by atoms with Crippen LogP contribution in [0.5, 0.6) is 0 Å². The molecule has 10 heteroatoms. The molecule has 1 aromatic heterocycles. The summed E-state index contributed by atoms with van der Waals surface area (Å²) in [6, 6.07) is 0. The van der Waals surface area contributed by atoms with Crippen LogP contribution in [0.3, 0.4) is 0 Å². The molecular formula is C20H23F3NO4S2-. The van der Waals surface area contributed by atoms with Gasteiger partial charge in [-0.15, -0.1) is 11.3 Å². The average molecular weight is 463 g/mol. The van der Waals surface area contributed by atoms with Gasteiger partial charge in [0.1, 0.15) is 5.78 Å². The zero-order chi connectivity index (χ0) is 22.3. The summed E-state index contributed by atoms with van der Waals surface area (Å²) in [5.41, 5.74) is -1.42. The van der Waals surface area contributed by atoms with E-state index >= 15 is 0 Å². The van der Waals surface area contributed by atoms with Crippen molar-refractivity contribution in [3.8, 4) is 0 Å². The van der Waals surface area contributed by atoms with Crippen LogP contribution in [0.15, 0.2) is 33.8 Å². The molecule has 1 aliphatic carbocycles. The lowest BCUT2D eigenvalue weighted by molar-refractivity contribution is -0.255. The molecule has 1 saturated carbocycles. The summed E-state index contributed by atoms with van der Waals surface area (Å²) in [6.07, 6.45) is 2.53. The zero-order valence-corrected chi connectivity index (χ0v) is 18.0. The van der Waals surface area contributed by atoms with Gasteiger partial charge in [-0.05, 0) is 38.5 Å². The van der Waals surface area contributed by atoms with Crippen LogP contribution in [0.2, 0.25) is 0 Å². The van der Waals surface area contributed by atoms with Crippen molar-refractivity contribution in [2.24, 2.45) is 11.8 Å². The summed E-state index contributed by atoms with van der Waals surface area (Å²) in [5.74, 6) is -2.20. The summed E-state index contributed by atoms with van der Waals surface area (Å²) < 4.78 is 37.8. The molecule has 5 nitrogen and oxygen atoms in total.